The molecule has 2 aliphatic heterocycles. The fraction of sp³-hybridized carbons (Fsp3) is 0.414. The van der Waals surface area contributed by atoms with E-state index in [0.717, 1.165) is 24.2 Å². The van der Waals surface area contributed by atoms with Crippen LogP contribution < -0.4 is 4.74 Å². The van der Waals surface area contributed by atoms with Gasteiger partial charge < -0.3 is 14.4 Å². The number of benzene rings is 2. The van der Waals surface area contributed by atoms with Crippen molar-refractivity contribution < 1.29 is 23.9 Å². The van der Waals surface area contributed by atoms with Crippen LogP contribution >= 0.6 is 0 Å². The van der Waals surface area contributed by atoms with E-state index in [4.69, 9.17) is 9.47 Å². The molecule has 0 bridgehead atoms. The maximum atomic E-state index is 12.4. The molecular weight excluding hydrogens is 456 g/mol. The first-order valence-electron chi connectivity index (χ1n) is 12.4. The van der Waals surface area contributed by atoms with Crippen LogP contribution in [-0.2, 0) is 4.74 Å². The molecule has 0 saturated carbocycles. The van der Waals surface area contributed by atoms with Crippen LogP contribution in [0.25, 0.3) is 0 Å². The van der Waals surface area contributed by atoms with Crippen molar-refractivity contribution in [2.24, 2.45) is 0 Å². The molecule has 2 heterocycles. The van der Waals surface area contributed by atoms with Crippen molar-refractivity contribution in [2.75, 3.05) is 19.6 Å². The van der Waals surface area contributed by atoms with E-state index < -0.39 is 5.60 Å². The number of unbranched alkanes of at least 4 members (excludes halogenated alkanes) is 1. The van der Waals surface area contributed by atoms with Crippen LogP contribution in [-0.4, -0.2) is 59.0 Å². The zero-order valence-electron chi connectivity index (χ0n) is 21.1. The first-order valence-corrected chi connectivity index (χ1v) is 12.4. The Morgan fingerprint density at radius 2 is 1.67 bits per heavy atom. The number of hydrogen-bond acceptors (Lipinski definition) is 5. The molecular formula is C29H32N2O5. The summed E-state index contributed by atoms with van der Waals surface area (Å²) in [6, 6.07) is 14.6. The van der Waals surface area contributed by atoms with E-state index in [0.29, 0.717) is 43.6 Å². The van der Waals surface area contributed by atoms with Crippen LogP contribution in [0.4, 0.5) is 4.79 Å². The van der Waals surface area contributed by atoms with Crippen molar-refractivity contribution >= 4 is 17.9 Å². The molecule has 0 aliphatic carbocycles. The Bertz CT molecular complexity index is 1160. The summed E-state index contributed by atoms with van der Waals surface area (Å²) in [5.74, 6) is 6.57. The lowest BCUT2D eigenvalue weighted by atomic mass is 10.1. The van der Waals surface area contributed by atoms with E-state index in [2.05, 4.69) is 11.8 Å². The van der Waals surface area contributed by atoms with Crippen molar-refractivity contribution in [1.82, 2.24) is 9.80 Å². The molecule has 7 heteroatoms. The van der Waals surface area contributed by atoms with Gasteiger partial charge in [0.1, 0.15) is 17.5 Å². The van der Waals surface area contributed by atoms with E-state index in [1.807, 2.05) is 45.0 Å². The van der Waals surface area contributed by atoms with Gasteiger partial charge in [-0.05, 0) is 57.5 Å². The van der Waals surface area contributed by atoms with E-state index in [-0.39, 0.29) is 24.0 Å². The molecule has 2 aliphatic rings. The molecule has 0 aromatic heterocycles. The molecule has 1 saturated heterocycles. The van der Waals surface area contributed by atoms with Crippen LogP contribution in [0, 0.1) is 11.8 Å². The summed E-state index contributed by atoms with van der Waals surface area (Å²) in [7, 11) is 0. The normalized spacial score (nSPS) is 15.9. The molecule has 1 fully saturated rings. The third-order valence-electron chi connectivity index (χ3n) is 6.02. The monoisotopic (exact) mass is 488 g/mol. The number of piperidine rings is 1. The van der Waals surface area contributed by atoms with E-state index >= 15 is 0 Å². The summed E-state index contributed by atoms with van der Waals surface area (Å²) in [4.78, 5) is 40.1. The van der Waals surface area contributed by atoms with Crippen molar-refractivity contribution in [2.45, 2.75) is 58.2 Å². The molecule has 0 atom stereocenters. The summed E-state index contributed by atoms with van der Waals surface area (Å²) in [5, 5.41) is 0. The second-order valence-electron chi connectivity index (χ2n) is 10.0. The van der Waals surface area contributed by atoms with Gasteiger partial charge in [-0.25, -0.2) is 4.79 Å². The molecule has 0 unspecified atom stereocenters. The fourth-order valence-corrected chi connectivity index (χ4v) is 4.25. The Labute approximate surface area is 212 Å². The van der Waals surface area contributed by atoms with Gasteiger partial charge in [0.25, 0.3) is 11.8 Å². The zero-order chi connectivity index (χ0) is 25.7. The van der Waals surface area contributed by atoms with Gasteiger partial charge in [0.15, 0.2) is 0 Å². The Morgan fingerprint density at radius 1 is 1.00 bits per heavy atom. The average molecular weight is 489 g/mol. The number of hydrogen-bond donors (Lipinski definition) is 0. The van der Waals surface area contributed by atoms with Crippen molar-refractivity contribution in [1.29, 1.82) is 0 Å². The number of ether oxygens (including phenoxy) is 2. The third-order valence-corrected chi connectivity index (χ3v) is 6.02. The average Bonchev–Trinajstić information content (AvgIpc) is 3.08. The summed E-state index contributed by atoms with van der Waals surface area (Å²) >= 11 is 0. The molecule has 0 N–H and O–H groups in total. The largest absolute Gasteiger partial charge is 0.490 e. The maximum Gasteiger partial charge on any atom is 0.410 e. The standard InChI is InChI=1S/C29H32N2O5/c1-29(2,3)36-28(34)30-18-15-22(16-19-30)35-23-12-9-11-21(20-23)10-5-4-8-17-31-26(32)24-13-6-7-14-25(24)27(31)33/h6-7,9,11-14,20,22H,4,8,15-19H2,1-3H3. The van der Waals surface area contributed by atoms with Gasteiger partial charge in [-0.15, -0.1) is 0 Å². The molecule has 36 heavy (non-hydrogen) atoms. The van der Waals surface area contributed by atoms with E-state index in [1.54, 1.807) is 29.2 Å². The lowest BCUT2D eigenvalue weighted by Gasteiger charge is -2.33. The number of likely N-dealkylation sites (tertiary alicyclic amines) is 1. The number of carbonyl (C=O) groups excluding carboxylic acids is 3. The van der Waals surface area contributed by atoms with Crippen LogP contribution in [0.1, 0.15) is 72.7 Å². The lowest BCUT2D eigenvalue weighted by molar-refractivity contribution is 0.0126. The summed E-state index contributed by atoms with van der Waals surface area (Å²) < 4.78 is 11.6. The summed E-state index contributed by atoms with van der Waals surface area (Å²) in [6.45, 7) is 7.16. The highest BCUT2D eigenvalue weighted by atomic mass is 16.6. The second-order valence-corrected chi connectivity index (χ2v) is 10.0. The number of rotatable bonds is 5. The van der Waals surface area contributed by atoms with Crippen molar-refractivity contribution in [3.05, 3.63) is 65.2 Å². The molecule has 2 aromatic carbocycles. The van der Waals surface area contributed by atoms with Gasteiger partial charge in [-0.1, -0.05) is 30.0 Å². The molecule has 7 nitrogen and oxygen atoms in total. The topological polar surface area (TPSA) is 76.2 Å². The Kier molecular flexibility index (Phi) is 7.64. The minimum atomic E-state index is -0.499. The number of nitrogens with zero attached hydrogens (tertiary/aromatic N) is 2. The van der Waals surface area contributed by atoms with Crippen LogP contribution in [0.2, 0.25) is 0 Å². The number of carbonyl (C=O) groups is 3. The van der Waals surface area contributed by atoms with Gasteiger partial charge in [-0.3, -0.25) is 14.5 Å². The quantitative estimate of drug-likeness (QED) is 0.340. The molecule has 188 valence electrons. The highest BCUT2D eigenvalue weighted by Gasteiger charge is 2.34. The third kappa shape index (κ3) is 6.25. The van der Waals surface area contributed by atoms with Gasteiger partial charge in [0.2, 0.25) is 0 Å². The van der Waals surface area contributed by atoms with Gasteiger partial charge in [-0.2, -0.15) is 0 Å². The highest BCUT2D eigenvalue weighted by molar-refractivity contribution is 6.21. The highest BCUT2D eigenvalue weighted by Crippen LogP contribution is 2.23. The van der Waals surface area contributed by atoms with Crippen molar-refractivity contribution in [3.63, 3.8) is 0 Å². The first-order chi connectivity index (χ1) is 17.2. The lowest BCUT2D eigenvalue weighted by Crippen LogP contribution is -2.44. The van der Waals surface area contributed by atoms with E-state index in [9.17, 15) is 14.4 Å². The predicted octanol–water partition coefficient (Wildman–Crippen LogP) is 4.89. The fourth-order valence-electron chi connectivity index (χ4n) is 4.25. The Balaban J connectivity index is 1.23. The van der Waals surface area contributed by atoms with Crippen molar-refractivity contribution in [3.8, 4) is 17.6 Å². The molecule has 3 amide bonds. The van der Waals surface area contributed by atoms with E-state index in [1.165, 1.54) is 4.90 Å². The van der Waals surface area contributed by atoms with Crippen LogP contribution in [0.5, 0.6) is 5.75 Å². The summed E-state index contributed by atoms with van der Waals surface area (Å²) in [6.07, 6.45) is 2.43. The van der Waals surface area contributed by atoms with Gasteiger partial charge in [0, 0.05) is 44.5 Å². The Morgan fingerprint density at radius 3 is 2.31 bits per heavy atom. The minimum Gasteiger partial charge on any atom is -0.490 e. The smallest absolute Gasteiger partial charge is 0.410 e. The Hall–Kier alpha value is -3.79. The number of fused-ring (bicyclic) bond motifs is 1. The molecule has 4 rings (SSSR count). The first kappa shape index (κ1) is 25.3. The molecule has 0 spiro atoms. The SMILES string of the molecule is CC(C)(C)OC(=O)N1CCC(Oc2cccc(C#CCCCN3C(=O)c4ccccc4C3=O)c2)CC1. The molecule has 2 aromatic rings. The zero-order valence-corrected chi connectivity index (χ0v) is 21.1. The summed E-state index contributed by atoms with van der Waals surface area (Å²) in [5.41, 5.74) is 1.29. The minimum absolute atomic E-state index is 0.0338. The van der Waals surface area contributed by atoms with Gasteiger partial charge in [0.05, 0.1) is 11.1 Å². The molecule has 0 radical (unpaired) electrons. The number of amides is 3. The maximum absolute atomic E-state index is 12.4. The van der Waals surface area contributed by atoms with Gasteiger partial charge >= 0.3 is 6.09 Å². The predicted molar refractivity (Wildman–Crippen MR) is 136 cm³/mol. The second kappa shape index (κ2) is 10.9. The number of imide groups is 1. The van der Waals surface area contributed by atoms with Crippen LogP contribution in [0.15, 0.2) is 48.5 Å². The van der Waals surface area contributed by atoms with Crippen LogP contribution in [0.3, 0.4) is 0 Å².